The molecule has 31 rings (SSSR count). The van der Waals surface area contributed by atoms with Gasteiger partial charge in [0.25, 0.3) is 0 Å². The highest BCUT2D eigenvalue weighted by Crippen LogP contribution is 2.59. The molecule has 27 aromatic rings. The average Bonchev–Trinajstić information content (AvgIpc) is 1.56. The molecule has 0 radical (unpaired) electrons. The molecular weight excluding hydrogens is 1760 g/mol. The van der Waals surface area contributed by atoms with Crippen molar-refractivity contribution in [1.82, 2.24) is 34.9 Å². The predicted molar refractivity (Wildman–Crippen MR) is 585 cm³/mol. The molecule has 0 fully saturated rings. The van der Waals surface area contributed by atoms with Crippen LogP contribution in [0.3, 0.4) is 0 Å². The number of hydrogen-bond acceptors (Lipinski definition) is 11. The van der Waals surface area contributed by atoms with Crippen LogP contribution in [-0.2, 0) is 0 Å². The third kappa shape index (κ3) is 13.7. The van der Waals surface area contributed by atoms with Crippen LogP contribution in [0.25, 0.3) is 301 Å². The zero-order chi connectivity index (χ0) is 94.8. The number of rotatable bonds is 8. The number of benzene rings is 20. The van der Waals surface area contributed by atoms with Gasteiger partial charge < -0.3 is 17.7 Å². The van der Waals surface area contributed by atoms with E-state index in [9.17, 15) is 0 Å². The second-order valence-electron chi connectivity index (χ2n) is 36.4. The van der Waals surface area contributed by atoms with Crippen molar-refractivity contribution in [3.8, 4) is 225 Å². The summed E-state index contributed by atoms with van der Waals surface area (Å²) in [5, 5.41) is 7.87. The van der Waals surface area contributed by atoms with Gasteiger partial charge in [0, 0.05) is 82.4 Å². The van der Waals surface area contributed by atoms with Crippen molar-refractivity contribution in [1.29, 1.82) is 0 Å². The van der Waals surface area contributed by atoms with Crippen molar-refractivity contribution in [2.45, 2.75) is 0 Å². The first kappa shape index (κ1) is 82.7. The Morgan fingerprint density at radius 2 is 0.431 bits per heavy atom. The van der Waals surface area contributed by atoms with Crippen molar-refractivity contribution < 1.29 is 17.7 Å². The maximum atomic E-state index is 6.74. The van der Waals surface area contributed by atoms with E-state index in [1.807, 2.05) is 152 Å². The normalized spacial score (nSPS) is 11.8. The molecular formula is C133H79N7O4. The number of furan rings is 4. The Bertz CT molecular complexity index is 9800. The van der Waals surface area contributed by atoms with E-state index in [0.29, 0.717) is 34.8 Å². The fraction of sp³-hybridized carbons (Fsp3) is 0. The molecule has 0 spiro atoms. The first-order valence-corrected chi connectivity index (χ1v) is 48.5. The molecule has 7 heterocycles. The molecule has 20 aromatic carbocycles. The summed E-state index contributed by atoms with van der Waals surface area (Å²) in [7, 11) is 0. The highest BCUT2D eigenvalue weighted by Gasteiger charge is 2.36. The van der Waals surface area contributed by atoms with Crippen LogP contribution in [0.1, 0.15) is 0 Å². The quantitative estimate of drug-likeness (QED) is 0.143. The molecule has 0 bridgehead atoms. The maximum absolute atomic E-state index is 6.74. The van der Waals surface area contributed by atoms with Gasteiger partial charge in [-0.1, -0.05) is 437 Å². The summed E-state index contributed by atoms with van der Waals surface area (Å²) in [6.45, 7) is 0. The molecule has 0 saturated carbocycles. The van der Waals surface area contributed by atoms with Gasteiger partial charge in [0.05, 0.1) is 22.2 Å². The second kappa shape index (κ2) is 34.3. The van der Waals surface area contributed by atoms with E-state index in [0.717, 1.165) is 167 Å². The van der Waals surface area contributed by atoms with E-state index < -0.39 is 0 Å². The average molecular weight is 1840 g/mol. The van der Waals surface area contributed by atoms with Crippen LogP contribution in [0.5, 0.6) is 0 Å². The predicted octanol–water partition coefficient (Wildman–Crippen LogP) is 35.5. The molecule has 0 aliphatic heterocycles. The second-order valence-corrected chi connectivity index (χ2v) is 36.4. The van der Waals surface area contributed by atoms with Crippen molar-refractivity contribution >= 4 is 76.6 Å². The van der Waals surface area contributed by atoms with Gasteiger partial charge in [0.15, 0.2) is 34.8 Å². The monoisotopic (exact) mass is 1840 g/mol. The molecule has 0 saturated heterocycles. The molecule has 11 heteroatoms. The van der Waals surface area contributed by atoms with Crippen LogP contribution in [-0.4, -0.2) is 34.9 Å². The molecule has 0 unspecified atom stereocenters. The lowest BCUT2D eigenvalue weighted by Crippen LogP contribution is -2.00. The lowest BCUT2D eigenvalue weighted by Gasteiger charge is -2.13. The van der Waals surface area contributed by atoms with Crippen LogP contribution in [0, 0.1) is 0 Å². The Balaban J connectivity index is 0.0000000936. The lowest BCUT2D eigenvalue weighted by molar-refractivity contribution is 0.625. The number of hydrogen-bond donors (Lipinski definition) is 0. The SMILES string of the molecule is c1ccc(-c2nc(-c3ccccc3)nc(-c3oc4cccc5c4c3-c3ccccc3-c3ccccc3-5)n2)cc1.c1ccc(-c2nc(-c3oc4cccc5c4c3-c3ccccc3-c3ccccc3-5)nc3ccccc23)cc1.c1ccc(-c2nc3ccccc3nc2-c2oc3cccc4c3c2-c2ccccc2-c2ccccc2-4)cc1.c1ccc(-c2oc3c4c(cc5ccccc53)-c3ccccc3-c3ccccc3-c24)cc1. The van der Waals surface area contributed by atoms with Crippen molar-refractivity contribution in [2.75, 3.05) is 0 Å². The summed E-state index contributed by atoms with van der Waals surface area (Å²) < 4.78 is 26.8. The highest BCUT2D eigenvalue weighted by molar-refractivity contribution is 6.24. The van der Waals surface area contributed by atoms with Crippen LogP contribution in [0.2, 0.25) is 0 Å². The van der Waals surface area contributed by atoms with E-state index in [4.69, 9.17) is 52.6 Å². The summed E-state index contributed by atoms with van der Waals surface area (Å²) in [4.78, 5) is 35.3. The lowest BCUT2D eigenvalue weighted by atomic mass is 9.93. The zero-order valence-corrected chi connectivity index (χ0v) is 77.4. The van der Waals surface area contributed by atoms with Gasteiger partial charge in [-0.05, 0) is 159 Å². The third-order valence-corrected chi connectivity index (χ3v) is 28.3. The number of aromatic nitrogens is 7. The van der Waals surface area contributed by atoms with Gasteiger partial charge in [0.2, 0.25) is 5.82 Å². The minimum absolute atomic E-state index is 0.514. The van der Waals surface area contributed by atoms with Crippen molar-refractivity contribution in [3.05, 3.63) is 479 Å². The van der Waals surface area contributed by atoms with E-state index >= 15 is 0 Å². The van der Waals surface area contributed by atoms with Gasteiger partial charge in [-0.3, -0.25) is 0 Å². The summed E-state index contributed by atoms with van der Waals surface area (Å²) in [6, 6.07) is 166. The maximum Gasteiger partial charge on any atom is 0.200 e. The standard InChI is InChI=1S/C35H21N3O.2C34H20N2O.C30H18O/c1-3-12-22(13-4-1)33-36-34(23-14-5-2-6-15-23)38-35(37-33)32-31-28-19-10-9-18-26(28)24-16-7-8-17-25(24)27-20-11-21-29(39-32)30(27)31;1-2-11-21(12-3-1)32-33(36-28-19-9-8-18-27(28)35-32)34-31-26-16-7-6-15-24(26)22-13-4-5-14-23(22)25-17-10-20-29(37-34)30(25)31;1-2-11-21(12-3-1)32-27-17-8-9-19-28(27)35-34(36-32)33-31-26-16-7-6-15-24(26)22-13-4-5-14-23(22)25-18-10-20-29(37-33)30(25)31;1-2-10-19(11-3-1)29-27-25-17-9-8-15-23(25)22-14-6-7-16-24(22)26-18-20-12-4-5-13-21(20)30(31-29)28(26)27/h1-21H;2*1-20H;1-18H. The van der Waals surface area contributed by atoms with Crippen LogP contribution < -0.4 is 0 Å². The number of fused-ring (bicyclic) bond motifs is 24. The van der Waals surface area contributed by atoms with Crippen LogP contribution >= 0.6 is 0 Å². The fourth-order valence-electron chi connectivity index (χ4n) is 22.0. The fourth-order valence-corrected chi connectivity index (χ4v) is 22.0. The van der Waals surface area contributed by atoms with Gasteiger partial charge >= 0.3 is 0 Å². The summed E-state index contributed by atoms with van der Waals surface area (Å²) in [5.41, 5.74) is 41.7. The highest BCUT2D eigenvalue weighted by atomic mass is 16.3. The number of nitrogens with zero attached hydrogens (tertiary/aromatic N) is 7. The van der Waals surface area contributed by atoms with E-state index in [-0.39, 0.29) is 0 Å². The summed E-state index contributed by atoms with van der Waals surface area (Å²) >= 11 is 0. The third-order valence-electron chi connectivity index (χ3n) is 28.3. The molecule has 7 aromatic heterocycles. The zero-order valence-electron chi connectivity index (χ0n) is 77.4. The van der Waals surface area contributed by atoms with E-state index in [2.05, 4.69) is 328 Å². The van der Waals surface area contributed by atoms with Gasteiger partial charge in [-0.25, -0.2) is 34.9 Å². The molecule has 0 amide bonds. The van der Waals surface area contributed by atoms with Gasteiger partial charge in [0.1, 0.15) is 39.5 Å². The Hall–Kier alpha value is -19.5. The molecule has 4 aliphatic carbocycles. The topological polar surface area (TPSA) is 143 Å². The Morgan fingerprint density at radius 3 is 0.854 bits per heavy atom. The first-order valence-electron chi connectivity index (χ1n) is 48.5. The smallest absolute Gasteiger partial charge is 0.200 e. The Kier molecular flexibility index (Phi) is 19.7. The van der Waals surface area contributed by atoms with E-state index in [1.54, 1.807) is 0 Å². The molecule has 0 atom stereocenters. The summed E-state index contributed by atoms with van der Waals surface area (Å²) in [6.07, 6.45) is 0. The molecule has 144 heavy (non-hydrogen) atoms. The minimum Gasteiger partial charge on any atom is -0.455 e. The Labute approximate surface area is 827 Å². The van der Waals surface area contributed by atoms with E-state index in [1.165, 1.54) is 99.8 Å². The Morgan fingerprint density at radius 1 is 0.146 bits per heavy atom. The molecule has 0 N–H and O–H groups in total. The number of para-hydroxylation sites is 3. The largest absolute Gasteiger partial charge is 0.455 e. The molecule has 4 aliphatic rings. The van der Waals surface area contributed by atoms with Crippen molar-refractivity contribution in [2.24, 2.45) is 0 Å². The first-order chi connectivity index (χ1) is 71.5. The molecule has 11 nitrogen and oxygen atoms in total. The molecule has 670 valence electrons. The minimum atomic E-state index is 0.514. The van der Waals surface area contributed by atoms with Crippen molar-refractivity contribution in [3.63, 3.8) is 0 Å². The van der Waals surface area contributed by atoms with Crippen LogP contribution in [0.4, 0.5) is 0 Å². The summed E-state index contributed by atoms with van der Waals surface area (Å²) in [5.74, 6) is 5.36. The van der Waals surface area contributed by atoms with Gasteiger partial charge in [-0.2, -0.15) is 0 Å². The van der Waals surface area contributed by atoms with Gasteiger partial charge in [-0.15, -0.1) is 0 Å². The van der Waals surface area contributed by atoms with Crippen LogP contribution in [0.15, 0.2) is 497 Å².